The number of aliphatic hydroxyl groups is 1. The highest BCUT2D eigenvalue weighted by Gasteiger charge is 2.56. The molecule has 162 valence electrons. The molecule has 4 aliphatic carbocycles. The van der Waals surface area contributed by atoms with Crippen LogP contribution in [0, 0.1) is 40.4 Å². The lowest BCUT2D eigenvalue weighted by molar-refractivity contribution is 0.0326. The standard InChI is InChI=1S/C28H44O/c1-18(2)19(3)7-8-20(4)24-11-12-25-23-10-9-21-17-22(29)13-15-27(21,5)26(23)14-16-28(24,25)6/h9-10,18,20,22,24-26,29H,3,7-8,11-17H2,1-2,4-6H3/t20-,22?,24-,25+,26+,27+,28-/m1/s1. The van der Waals surface area contributed by atoms with Gasteiger partial charge in [0.25, 0.3) is 0 Å². The summed E-state index contributed by atoms with van der Waals surface area (Å²) in [4.78, 5) is 0. The Balaban J connectivity index is 1.53. The molecule has 0 radical (unpaired) electrons. The molecule has 0 aliphatic heterocycles. The minimum Gasteiger partial charge on any atom is -0.393 e. The van der Waals surface area contributed by atoms with Crippen LogP contribution in [0.1, 0.15) is 92.4 Å². The average molecular weight is 397 g/mol. The number of hydrogen-bond donors (Lipinski definition) is 1. The van der Waals surface area contributed by atoms with Gasteiger partial charge in [-0.15, -0.1) is 0 Å². The van der Waals surface area contributed by atoms with Crippen molar-refractivity contribution in [2.75, 3.05) is 0 Å². The molecule has 1 heteroatoms. The van der Waals surface area contributed by atoms with Crippen LogP contribution in [-0.4, -0.2) is 11.2 Å². The van der Waals surface area contributed by atoms with Gasteiger partial charge in [0.2, 0.25) is 0 Å². The molecule has 7 atom stereocenters. The fourth-order valence-corrected chi connectivity index (χ4v) is 7.86. The Labute approximate surface area is 179 Å². The van der Waals surface area contributed by atoms with E-state index in [1.807, 2.05) is 0 Å². The highest BCUT2D eigenvalue weighted by molar-refractivity contribution is 5.38. The third-order valence-corrected chi connectivity index (χ3v) is 10.0. The Morgan fingerprint density at radius 2 is 1.83 bits per heavy atom. The molecule has 0 spiro atoms. The third-order valence-electron chi connectivity index (χ3n) is 10.0. The first kappa shape index (κ1) is 21.4. The third kappa shape index (κ3) is 3.50. The summed E-state index contributed by atoms with van der Waals surface area (Å²) in [6, 6.07) is 0. The van der Waals surface area contributed by atoms with Gasteiger partial charge in [-0.2, -0.15) is 0 Å². The Bertz CT molecular complexity index is 712. The summed E-state index contributed by atoms with van der Waals surface area (Å²) >= 11 is 0. The summed E-state index contributed by atoms with van der Waals surface area (Å²) in [7, 11) is 0. The smallest absolute Gasteiger partial charge is 0.0578 e. The summed E-state index contributed by atoms with van der Waals surface area (Å²) < 4.78 is 0. The lowest BCUT2D eigenvalue weighted by Gasteiger charge is -2.55. The number of aliphatic hydroxyl groups excluding tert-OH is 1. The van der Waals surface area contributed by atoms with Gasteiger partial charge in [0.05, 0.1) is 6.10 Å². The van der Waals surface area contributed by atoms with E-state index in [1.165, 1.54) is 56.1 Å². The SMILES string of the molecule is C=C(CC[C@@H](C)[C@H]1CC[C@H]2C3=CC=C4CC(O)CC[C@]4(C)[C@H]3CC[C@]12C)C(C)C. The van der Waals surface area contributed by atoms with Crippen LogP contribution in [0.15, 0.2) is 35.5 Å². The van der Waals surface area contributed by atoms with Crippen LogP contribution in [0.4, 0.5) is 0 Å². The highest BCUT2D eigenvalue weighted by atomic mass is 16.3. The first-order chi connectivity index (χ1) is 13.7. The summed E-state index contributed by atoms with van der Waals surface area (Å²) in [5.41, 5.74) is 5.53. The van der Waals surface area contributed by atoms with Crippen molar-refractivity contribution >= 4 is 0 Å². The fourth-order valence-electron chi connectivity index (χ4n) is 7.86. The van der Waals surface area contributed by atoms with Gasteiger partial charge in [-0.3, -0.25) is 0 Å². The van der Waals surface area contributed by atoms with Crippen molar-refractivity contribution in [2.45, 2.75) is 98.5 Å². The van der Waals surface area contributed by atoms with E-state index in [1.54, 1.807) is 5.57 Å². The molecule has 0 aromatic carbocycles. The quantitative estimate of drug-likeness (QED) is 0.478. The Hall–Kier alpha value is -0.820. The van der Waals surface area contributed by atoms with Crippen molar-refractivity contribution in [3.05, 3.63) is 35.5 Å². The summed E-state index contributed by atoms with van der Waals surface area (Å²) in [5.74, 6) is 3.78. The Morgan fingerprint density at radius 3 is 2.55 bits per heavy atom. The zero-order chi connectivity index (χ0) is 21.0. The second kappa shape index (κ2) is 7.70. The van der Waals surface area contributed by atoms with Crippen LogP contribution >= 0.6 is 0 Å². The molecule has 4 rings (SSSR count). The van der Waals surface area contributed by atoms with Crippen LogP contribution in [0.25, 0.3) is 0 Å². The highest BCUT2D eigenvalue weighted by Crippen LogP contribution is 2.66. The van der Waals surface area contributed by atoms with E-state index >= 15 is 0 Å². The van der Waals surface area contributed by atoms with Gasteiger partial charge in [-0.05, 0) is 98.2 Å². The van der Waals surface area contributed by atoms with Crippen LogP contribution in [0.3, 0.4) is 0 Å². The molecule has 3 saturated carbocycles. The number of rotatable bonds is 5. The minimum absolute atomic E-state index is 0.115. The molecular formula is C28H44O. The first-order valence-electron chi connectivity index (χ1n) is 12.4. The van der Waals surface area contributed by atoms with Gasteiger partial charge in [0.15, 0.2) is 0 Å². The number of allylic oxidation sites excluding steroid dienone is 4. The van der Waals surface area contributed by atoms with Crippen LogP contribution < -0.4 is 0 Å². The van der Waals surface area contributed by atoms with E-state index in [0.717, 1.165) is 36.5 Å². The normalized spacial score (nSPS) is 42.4. The zero-order valence-corrected chi connectivity index (χ0v) is 19.6. The zero-order valence-electron chi connectivity index (χ0n) is 19.6. The largest absolute Gasteiger partial charge is 0.393 e. The van der Waals surface area contributed by atoms with E-state index in [-0.39, 0.29) is 6.10 Å². The summed E-state index contributed by atoms with van der Waals surface area (Å²) in [6.45, 7) is 16.6. The van der Waals surface area contributed by atoms with Gasteiger partial charge in [-0.1, -0.05) is 70.1 Å². The fraction of sp³-hybridized carbons (Fsp3) is 0.786. The predicted molar refractivity (Wildman–Crippen MR) is 124 cm³/mol. The molecule has 0 aromatic heterocycles. The van der Waals surface area contributed by atoms with Crippen LogP contribution in [0.5, 0.6) is 0 Å². The minimum atomic E-state index is -0.115. The summed E-state index contributed by atoms with van der Waals surface area (Å²) in [6.07, 6.45) is 15.9. The second-order valence-corrected chi connectivity index (χ2v) is 11.8. The molecule has 0 aromatic rings. The van der Waals surface area contributed by atoms with E-state index < -0.39 is 0 Å². The maximum atomic E-state index is 10.2. The topological polar surface area (TPSA) is 20.2 Å². The maximum absolute atomic E-state index is 10.2. The average Bonchev–Trinajstić information content (AvgIpc) is 3.03. The lowest BCUT2D eigenvalue weighted by Crippen LogP contribution is -2.46. The molecule has 0 saturated heterocycles. The van der Waals surface area contributed by atoms with E-state index in [9.17, 15) is 5.11 Å². The summed E-state index contributed by atoms with van der Waals surface area (Å²) in [5, 5.41) is 10.2. The van der Waals surface area contributed by atoms with E-state index in [0.29, 0.717) is 16.7 Å². The van der Waals surface area contributed by atoms with Crippen molar-refractivity contribution in [1.82, 2.24) is 0 Å². The molecule has 4 aliphatic rings. The monoisotopic (exact) mass is 396 g/mol. The first-order valence-corrected chi connectivity index (χ1v) is 12.4. The van der Waals surface area contributed by atoms with E-state index in [4.69, 9.17) is 0 Å². The molecule has 0 bridgehead atoms. The van der Waals surface area contributed by atoms with Gasteiger partial charge in [-0.25, -0.2) is 0 Å². The molecule has 1 unspecified atom stereocenters. The van der Waals surface area contributed by atoms with Crippen molar-refractivity contribution in [2.24, 2.45) is 40.4 Å². The van der Waals surface area contributed by atoms with Gasteiger partial charge < -0.3 is 5.11 Å². The van der Waals surface area contributed by atoms with Crippen molar-refractivity contribution < 1.29 is 5.11 Å². The van der Waals surface area contributed by atoms with E-state index in [2.05, 4.69) is 53.3 Å². The van der Waals surface area contributed by atoms with Crippen LogP contribution in [-0.2, 0) is 0 Å². The lowest BCUT2D eigenvalue weighted by atomic mass is 9.50. The number of hydrogen-bond acceptors (Lipinski definition) is 1. The molecule has 3 fully saturated rings. The molecular weight excluding hydrogens is 352 g/mol. The van der Waals surface area contributed by atoms with Gasteiger partial charge in [0, 0.05) is 0 Å². The Kier molecular flexibility index (Phi) is 5.69. The van der Waals surface area contributed by atoms with Gasteiger partial charge >= 0.3 is 0 Å². The van der Waals surface area contributed by atoms with Gasteiger partial charge in [0.1, 0.15) is 0 Å². The Morgan fingerprint density at radius 1 is 1.07 bits per heavy atom. The molecule has 29 heavy (non-hydrogen) atoms. The predicted octanol–water partition coefficient (Wildman–Crippen LogP) is 7.47. The number of fused-ring (bicyclic) bond motifs is 5. The molecule has 1 nitrogen and oxygen atoms in total. The molecule has 0 heterocycles. The van der Waals surface area contributed by atoms with Crippen LogP contribution in [0.2, 0.25) is 0 Å². The second-order valence-electron chi connectivity index (χ2n) is 11.8. The van der Waals surface area contributed by atoms with Crippen molar-refractivity contribution in [1.29, 1.82) is 0 Å². The maximum Gasteiger partial charge on any atom is 0.0578 e. The van der Waals surface area contributed by atoms with Crippen molar-refractivity contribution in [3.63, 3.8) is 0 Å². The molecule has 1 N–H and O–H groups in total. The molecule has 0 amide bonds. The van der Waals surface area contributed by atoms with Crippen molar-refractivity contribution in [3.8, 4) is 0 Å².